The third-order valence-corrected chi connectivity index (χ3v) is 8.52. The Morgan fingerprint density at radius 3 is 2.71 bits per heavy atom. The summed E-state index contributed by atoms with van der Waals surface area (Å²) >= 11 is 15.0. The van der Waals surface area contributed by atoms with E-state index in [1.54, 1.807) is 12.1 Å². The highest BCUT2D eigenvalue weighted by Crippen LogP contribution is 2.38. The van der Waals surface area contributed by atoms with E-state index in [-0.39, 0.29) is 11.7 Å². The first kappa shape index (κ1) is 25.0. The number of aryl methyl sites for hydroxylation is 1. The number of amides is 1. The lowest BCUT2D eigenvalue weighted by molar-refractivity contribution is -0.113. The van der Waals surface area contributed by atoms with Crippen molar-refractivity contribution >= 4 is 63.2 Å². The number of methoxy groups -OCH3 is 1. The molecule has 4 rings (SSSR count). The molecule has 7 nitrogen and oxygen atoms in total. The van der Waals surface area contributed by atoms with E-state index in [4.69, 9.17) is 27.9 Å². The molecule has 0 aliphatic heterocycles. The van der Waals surface area contributed by atoms with Crippen molar-refractivity contribution in [3.63, 3.8) is 0 Å². The summed E-state index contributed by atoms with van der Waals surface area (Å²) in [6.45, 7) is 2.60. The molecule has 1 aliphatic rings. The third-order valence-electron chi connectivity index (χ3n) is 5.61. The van der Waals surface area contributed by atoms with E-state index in [0.717, 1.165) is 48.1 Å². The number of carbonyl (C=O) groups is 2. The van der Waals surface area contributed by atoms with Crippen LogP contribution in [0.15, 0.2) is 23.4 Å². The van der Waals surface area contributed by atoms with Crippen LogP contribution in [0.2, 0.25) is 10.0 Å². The molecule has 3 aromatic rings. The lowest BCUT2D eigenvalue weighted by Gasteiger charge is -2.09. The van der Waals surface area contributed by atoms with Gasteiger partial charge in [-0.2, -0.15) is 0 Å². The predicted octanol–water partition coefficient (Wildman–Crippen LogP) is 6.12. The molecule has 34 heavy (non-hydrogen) atoms. The number of anilines is 1. The number of rotatable bonds is 7. The number of hydrogen-bond acceptors (Lipinski definition) is 7. The Bertz CT molecular complexity index is 1230. The van der Waals surface area contributed by atoms with Gasteiger partial charge in [0, 0.05) is 17.0 Å². The van der Waals surface area contributed by atoms with Crippen molar-refractivity contribution in [2.24, 2.45) is 0 Å². The minimum atomic E-state index is -0.403. The first-order valence-corrected chi connectivity index (χ1v) is 13.5. The summed E-state index contributed by atoms with van der Waals surface area (Å²) in [6, 6.07) is 5.30. The lowest BCUT2D eigenvalue weighted by Crippen LogP contribution is -2.16. The molecule has 0 radical (unpaired) electrons. The van der Waals surface area contributed by atoms with Gasteiger partial charge < -0.3 is 14.6 Å². The monoisotopic (exact) mass is 538 g/mol. The SMILES string of the molecule is CCn1c(SCC(=O)Nc2sc3c(c2C(=O)OC)CCCCC3)nnc1-c1ccc(Cl)c(Cl)c1. The average molecular weight is 540 g/mol. The highest BCUT2D eigenvalue weighted by Gasteiger charge is 2.26. The van der Waals surface area contributed by atoms with Gasteiger partial charge in [-0.25, -0.2) is 4.79 Å². The zero-order valence-corrected chi connectivity index (χ0v) is 22.0. The Balaban J connectivity index is 1.49. The molecular weight excluding hydrogens is 515 g/mol. The topological polar surface area (TPSA) is 86.1 Å². The summed E-state index contributed by atoms with van der Waals surface area (Å²) < 4.78 is 6.94. The molecule has 0 saturated heterocycles. The van der Waals surface area contributed by atoms with Crippen molar-refractivity contribution in [1.29, 1.82) is 0 Å². The van der Waals surface area contributed by atoms with Crippen molar-refractivity contribution in [1.82, 2.24) is 14.8 Å². The van der Waals surface area contributed by atoms with Crippen molar-refractivity contribution in [3.05, 3.63) is 44.2 Å². The number of benzene rings is 1. The summed E-state index contributed by atoms with van der Waals surface area (Å²) in [6.07, 6.45) is 5.02. The van der Waals surface area contributed by atoms with Crippen molar-refractivity contribution in [3.8, 4) is 11.4 Å². The molecule has 1 aliphatic carbocycles. The Kier molecular flexibility index (Phi) is 8.18. The van der Waals surface area contributed by atoms with Crippen molar-refractivity contribution in [2.45, 2.75) is 50.7 Å². The second-order valence-electron chi connectivity index (χ2n) is 7.78. The molecule has 0 saturated carbocycles. The third kappa shape index (κ3) is 5.27. The number of nitrogens with zero attached hydrogens (tertiary/aromatic N) is 3. The van der Waals surface area contributed by atoms with E-state index < -0.39 is 5.97 Å². The number of aromatic nitrogens is 3. The Hall–Kier alpha value is -2.07. The maximum absolute atomic E-state index is 12.8. The van der Waals surface area contributed by atoms with Gasteiger partial charge in [0.05, 0.1) is 28.5 Å². The zero-order chi connectivity index (χ0) is 24.2. The van der Waals surface area contributed by atoms with Gasteiger partial charge in [-0.15, -0.1) is 21.5 Å². The van der Waals surface area contributed by atoms with Crippen LogP contribution in [-0.2, 0) is 28.9 Å². The van der Waals surface area contributed by atoms with Crippen LogP contribution < -0.4 is 5.32 Å². The number of thiophene rings is 1. The number of ether oxygens (including phenoxy) is 1. The van der Waals surface area contributed by atoms with Crippen LogP contribution in [0.3, 0.4) is 0 Å². The van der Waals surface area contributed by atoms with Gasteiger partial charge in [0.25, 0.3) is 0 Å². The maximum atomic E-state index is 12.8. The summed E-state index contributed by atoms with van der Waals surface area (Å²) in [7, 11) is 1.37. The summed E-state index contributed by atoms with van der Waals surface area (Å²) in [5, 5.41) is 13.6. The number of nitrogens with one attached hydrogen (secondary N) is 1. The van der Waals surface area contributed by atoms with Gasteiger partial charge >= 0.3 is 5.97 Å². The van der Waals surface area contributed by atoms with Crippen molar-refractivity contribution < 1.29 is 14.3 Å². The standard InChI is InChI=1S/C23H24Cl2N4O3S2/c1-3-29-20(13-9-10-15(24)16(25)11-13)27-28-23(29)33-12-18(30)26-21-19(22(31)32-2)14-7-5-4-6-8-17(14)34-21/h9-11H,3-8,12H2,1-2H3,(H,26,30). The van der Waals surface area contributed by atoms with Crippen LogP contribution in [0.5, 0.6) is 0 Å². The van der Waals surface area contributed by atoms with E-state index in [2.05, 4.69) is 15.5 Å². The molecule has 0 spiro atoms. The Labute approximate surface area is 216 Å². The molecule has 1 N–H and O–H groups in total. The molecule has 1 amide bonds. The number of halogens is 2. The van der Waals surface area contributed by atoms with E-state index >= 15 is 0 Å². The van der Waals surface area contributed by atoms with E-state index in [0.29, 0.717) is 38.1 Å². The molecule has 180 valence electrons. The predicted molar refractivity (Wildman–Crippen MR) is 137 cm³/mol. The van der Waals surface area contributed by atoms with Crippen molar-refractivity contribution in [2.75, 3.05) is 18.2 Å². The van der Waals surface area contributed by atoms with E-state index in [9.17, 15) is 9.59 Å². The molecule has 0 fully saturated rings. The summed E-state index contributed by atoms with van der Waals surface area (Å²) in [5.41, 5.74) is 2.32. The van der Waals surface area contributed by atoms with E-state index in [1.165, 1.54) is 30.2 Å². The molecule has 0 unspecified atom stereocenters. The largest absolute Gasteiger partial charge is 0.465 e. The molecule has 0 bridgehead atoms. The van der Waals surface area contributed by atoms with Gasteiger partial charge in [0.2, 0.25) is 5.91 Å². The quantitative estimate of drug-likeness (QED) is 0.221. The number of esters is 1. The number of carbonyl (C=O) groups excluding carboxylic acids is 2. The minimum absolute atomic E-state index is 0.128. The lowest BCUT2D eigenvalue weighted by atomic mass is 10.1. The first-order valence-electron chi connectivity index (χ1n) is 11.0. The van der Waals surface area contributed by atoms with Crippen LogP contribution in [0.1, 0.15) is 47.0 Å². The zero-order valence-electron chi connectivity index (χ0n) is 18.8. The second-order valence-corrected chi connectivity index (χ2v) is 10.6. The summed E-state index contributed by atoms with van der Waals surface area (Å²) in [5.74, 6) is 0.162. The highest BCUT2D eigenvalue weighted by molar-refractivity contribution is 7.99. The maximum Gasteiger partial charge on any atom is 0.341 e. The number of thioether (sulfide) groups is 1. The molecule has 0 atom stereocenters. The van der Waals surface area contributed by atoms with Gasteiger partial charge in [-0.05, 0) is 56.4 Å². The van der Waals surface area contributed by atoms with Crippen LogP contribution in [0.25, 0.3) is 11.4 Å². The molecule has 2 aromatic heterocycles. The number of fused-ring (bicyclic) bond motifs is 1. The minimum Gasteiger partial charge on any atom is -0.465 e. The average Bonchev–Trinajstić information content (AvgIpc) is 3.31. The fourth-order valence-electron chi connectivity index (χ4n) is 3.97. The molecule has 1 aromatic carbocycles. The normalized spacial score (nSPS) is 13.3. The van der Waals surface area contributed by atoms with Gasteiger partial charge in [-0.1, -0.05) is 41.4 Å². The molecule has 11 heteroatoms. The second kappa shape index (κ2) is 11.1. The molecule has 2 heterocycles. The fourth-order valence-corrected chi connectivity index (χ4v) is 6.36. The Morgan fingerprint density at radius 1 is 1.18 bits per heavy atom. The first-order chi connectivity index (χ1) is 16.4. The van der Waals surface area contributed by atoms with Crippen LogP contribution >= 0.6 is 46.3 Å². The van der Waals surface area contributed by atoms with Crippen LogP contribution in [-0.4, -0.2) is 39.5 Å². The highest BCUT2D eigenvalue weighted by atomic mass is 35.5. The fraction of sp³-hybridized carbons (Fsp3) is 0.391. The van der Waals surface area contributed by atoms with Gasteiger partial charge in [0.1, 0.15) is 5.00 Å². The van der Waals surface area contributed by atoms with Gasteiger partial charge in [-0.3, -0.25) is 4.79 Å². The molecular formula is C23H24Cl2N4O3S2. The van der Waals surface area contributed by atoms with Crippen LogP contribution in [0, 0.1) is 0 Å². The smallest absolute Gasteiger partial charge is 0.341 e. The number of hydrogen-bond donors (Lipinski definition) is 1. The summed E-state index contributed by atoms with van der Waals surface area (Å²) in [4.78, 5) is 26.5. The van der Waals surface area contributed by atoms with Gasteiger partial charge in [0.15, 0.2) is 11.0 Å². The van der Waals surface area contributed by atoms with Crippen LogP contribution in [0.4, 0.5) is 5.00 Å². The Morgan fingerprint density at radius 2 is 1.97 bits per heavy atom. The van der Waals surface area contributed by atoms with E-state index in [1.807, 2.05) is 17.6 Å².